The summed E-state index contributed by atoms with van der Waals surface area (Å²) in [4.78, 5) is 11.7. The van der Waals surface area contributed by atoms with Gasteiger partial charge in [0.15, 0.2) is 5.82 Å². The Balaban J connectivity index is 2.28. The number of hydrogen-bond acceptors (Lipinski definition) is 4. The van der Waals surface area contributed by atoms with Crippen molar-refractivity contribution in [2.24, 2.45) is 0 Å². The van der Waals surface area contributed by atoms with Crippen molar-refractivity contribution in [3.63, 3.8) is 0 Å². The van der Waals surface area contributed by atoms with Gasteiger partial charge in [-0.3, -0.25) is 0 Å². The molecule has 0 atom stereocenters. The molecule has 0 saturated heterocycles. The van der Waals surface area contributed by atoms with E-state index in [1.807, 2.05) is 18.2 Å². The van der Waals surface area contributed by atoms with Gasteiger partial charge >= 0.3 is 0 Å². The van der Waals surface area contributed by atoms with Crippen LogP contribution in [0.5, 0.6) is 0 Å². The van der Waals surface area contributed by atoms with Crippen molar-refractivity contribution >= 4 is 11.6 Å². The van der Waals surface area contributed by atoms with Crippen molar-refractivity contribution in [3.8, 4) is 11.4 Å². The van der Waals surface area contributed by atoms with Crippen LogP contribution in [0.2, 0.25) is 0 Å². The van der Waals surface area contributed by atoms with Gasteiger partial charge < -0.3 is 10.2 Å². The molecule has 0 aliphatic carbocycles. The van der Waals surface area contributed by atoms with Gasteiger partial charge in [-0.1, -0.05) is 50.1 Å². The predicted molar refractivity (Wildman–Crippen MR) is 99.0 cm³/mol. The molecule has 0 radical (unpaired) electrons. The molecular formula is C19H28N4. The van der Waals surface area contributed by atoms with E-state index in [4.69, 9.17) is 9.97 Å². The largest absolute Gasteiger partial charge is 0.370 e. The fourth-order valence-electron chi connectivity index (χ4n) is 2.54. The Morgan fingerprint density at radius 1 is 0.957 bits per heavy atom. The average Bonchev–Trinajstić information content (AvgIpc) is 2.60. The van der Waals surface area contributed by atoms with Crippen LogP contribution in [0.25, 0.3) is 11.4 Å². The molecule has 0 aliphatic heterocycles. The lowest BCUT2D eigenvalue weighted by molar-refractivity contribution is 0.742. The Hall–Kier alpha value is -2.10. The zero-order valence-electron chi connectivity index (χ0n) is 14.5. The van der Waals surface area contributed by atoms with Crippen molar-refractivity contribution in [3.05, 3.63) is 36.4 Å². The first-order valence-electron chi connectivity index (χ1n) is 8.71. The Morgan fingerprint density at radius 3 is 2.35 bits per heavy atom. The fraction of sp³-hybridized carbons (Fsp3) is 0.474. The van der Waals surface area contributed by atoms with Crippen LogP contribution in [-0.2, 0) is 0 Å². The third-order valence-electron chi connectivity index (χ3n) is 3.92. The number of nitrogens with zero attached hydrogens (tertiary/aromatic N) is 3. The molecule has 4 nitrogen and oxygen atoms in total. The smallest absolute Gasteiger partial charge is 0.163 e. The van der Waals surface area contributed by atoms with E-state index in [9.17, 15) is 0 Å². The SMILES string of the molecule is CCCCCNc1cc(N(CC)CC)nc(-c2ccccc2)n1. The molecular weight excluding hydrogens is 284 g/mol. The molecule has 0 bridgehead atoms. The van der Waals surface area contributed by atoms with E-state index in [2.05, 4.69) is 49.2 Å². The molecule has 2 aromatic rings. The summed E-state index contributed by atoms with van der Waals surface area (Å²) in [6, 6.07) is 12.2. The minimum Gasteiger partial charge on any atom is -0.370 e. The van der Waals surface area contributed by atoms with Crippen molar-refractivity contribution in [1.29, 1.82) is 0 Å². The number of unbranched alkanes of at least 4 members (excludes halogenated alkanes) is 2. The van der Waals surface area contributed by atoms with Crippen LogP contribution >= 0.6 is 0 Å². The van der Waals surface area contributed by atoms with Crippen LogP contribution in [-0.4, -0.2) is 29.6 Å². The van der Waals surface area contributed by atoms with Crippen LogP contribution < -0.4 is 10.2 Å². The van der Waals surface area contributed by atoms with Gasteiger partial charge in [0.2, 0.25) is 0 Å². The summed E-state index contributed by atoms with van der Waals surface area (Å²) in [5, 5.41) is 3.46. The second kappa shape index (κ2) is 9.13. The second-order valence-electron chi connectivity index (χ2n) is 5.61. The monoisotopic (exact) mass is 312 g/mol. The molecule has 0 unspecified atom stereocenters. The molecule has 0 aliphatic rings. The molecule has 2 rings (SSSR count). The summed E-state index contributed by atoms with van der Waals surface area (Å²) >= 11 is 0. The summed E-state index contributed by atoms with van der Waals surface area (Å²) in [5.41, 5.74) is 1.05. The molecule has 1 heterocycles. The molecule has 1 aromatic heterocycles. The highest BCUT2D eigenvalue weighted by atomic mass is 15.2. The Kier molecular flexibility index (Phi) is 6.85. The second-order valence-corrected chi connectivity index (χ2v) is 5.61. The summed E-state index contributed by atoms with van der Waals surface area (Å²) in [5.74, 6) is 2.69. The molecule has 23 heavy (non-hydrogen) atoms. The standard InChI is InChI=1S/C19H28N4/c1-4-7-11-14-20-17-15-18(23(5-2)6-3)22-19(21-17)16-12-9-8-10-13-16/h8-10,12-13,15H,4-7,11,14H2,1-3H3,(H,20,21,22). The lowest BCUT2D eigenvalue weighted by atomic mass is 10.2. The minimum absolute atomic E-state index is 0.785. The van der Waals surface area contributed by atoms with E-state index < -0.39 is 0 Å². The zero-order chi connectivity index (χ0) is 16.5. The van der Waals surface area contributed by atoms with E-state index in [0.29, 0.717) is 0 Å². The van der Waals surface area contributed by atoms with Gasteiger partial charge in [-0.05, 0) is 20.3 Å². The van der Waals surface area contributed by atoms with Gasteiger partial charge in [0.1, 0.15) is 11.6 Å². The number of rotatable bonds is 9. The molecule has 124 valence electrons. The Labute approximate surface area is 140 Å². The fourth-order valence-corrected chi connectivity index (χ4v) is 2.54. The minimum atomic E-state index is 0.785. The predicted octanol–water partition coefficient (Wildman–Crippen LogP) is 4.59. The van der Waals surface area contributed by atoms with Crippen LogP contribution in [0.15, 0.2) is 36.4 Å². The normalized spacial score (nSPS) is 10.6. The molecule has 1 N–H and O–H groups in total. The first-order valence-corrected chi connectivity index (χ1v) is 8.71. The highest BCUT2D eigenvalue weighted by molar-refractivity contribution is 5.61. The van der Waals surface area contributed by atoms with Crippen LogP contribution in [0.1, 0.15) is 40.0 Å². The van der Waals surface area contributed by atoms with Crippen LogP contribution in [0, 0.1) is 0 Å². The Morgan fingerprint density at radius 2 is 1.70 bits per heavy atom. The van der Waals surface area contributed by atoms with Gasteiger partial charge in [0.05, 0.1) is 0 Å². The number of hydrogen-bond donors (Lipinski definition) is 1. The maximum absolute atomic E-state index is 4.76. The van der Waals surface area contributed by atoms with Crippen molar-refractivity contribution in [2.45, 2.75) is 40.0 Å². The van der Waals surface area contributed by atoms with Crippen LogP contribution in [0.4, 0.5) is 11.6 Å². The van der Waals surface area contributed by atoms with Gasteiger partial charge in [0.25, 0.3) is 0 Å². The van der Waals surface area contributed by atoms with Crippen molar-refractivity contribution < 1.29 is 0 Å². The molecule has 1 aromatic carbocycles. The highest BCUT2D eigenvalue weighted by Gasteiger charge is 2.10. The summed E-state index contributed by atoms with van der Waals surface area (Å²) < 4.78 is 0. The maximum atomic E-state index is 4.76. The highest BCUT2D eigenvalue weighted by Crippen LogP contribution is 2.22. The first-order chi connectivity index (χ1) is 11.3. The van der Waals surface area contributed by atoms with E-state index in [-0.39, 0.29) is 0 Å². The third kappa shape index (κ3) is 4.95. The molecule has 0 saturated carbocycles. The van der Waals surface area contributed by atoms with E-state index in [1.165, 1.54) is 19.3 Å². The number of nitrogens with one attached hydrogen (secondary N) is 1. The maximum Gasteiger partial charge on any atom is 0.163 e. The number of anilines is 2. The summed E-state index contributed by atoms with van der Waals surface area (Å²) in [6.07, 6.45) is 3.64. The molecule has 4 heteroatoms. The van der Waals surface area contributed by atoms with Crippen LogP contribution in [0.3, 0.4) is 0 Å². The van der Waals surface area contributed by atoms with Gasteiger partial charge in [-0.25, -0.2) is 9.97 Å². The zero-order valence-corrected chi connectivity index (χ0v) is 14.5. The third-order valence-corrected chi connectivity index (χ3v) is 3.92. The number of aromatic nitrogens is 2. The lowest BCUT2D eigenvalue weighted by Gasteiger charge is -2.21. The molecule has 0 spiro atoms. The number of benzene rings is 1. The van der Waals surface area contributed by atoms with Gasteiger partial charge in [0, 0.05) is 31.3 Å². The van der Waals surface area contributed by atoms with E-state index >= 15 is 0 Å². The lowest BCUT2D eigenvalue weighted by Crippen LogP contribution is -2.23. The molecule has 0 amide bonds. The topological polar surface area (TPSA) is 41.0 Å². The van der Waals surface area contributed by atoms with E-state index in [0.717, 1.165) is 42.7 Å². The Bertz CT molecular complexity index is 579. The summed E-state index contributed by atoms with van der Waals surface area (Å²) in [7, 11) is 0. The van der Waals surface area contributed by atoms with E-state index in [1.54, 1.807) is 0 Å². The summed E-state index contributed by atoms with van der Waals surface area (Å²) in [6.45, 7) is 9.37. The van der Waals surface area contributed by atoms with Crippen molar-refractivity contribution in [1.82, 2.24) is 9.97 Å². The average molecular weight is 312 g/mol. The molecule has 0 fully saturated rings. The van der Waals surface area contributed by atoms with Crippen molar-refractivity contribution in [2.75, 3.05) is 29.9 Å². The quantitative estimate of drug-likeness (QED) is 0.687. The van der Waals surface area contributed by atoms with Gasteiger partial charge in [-0.2, -0.15) is 0 Å². The van der Waals surface area contributed by atoms with Gasteiger partial charge in [-0.15, -0.1) is 0 Å². The first kappa shape index (κ1) is 17.3.